The first-order valence-electron chi connectivity index (χ1n) is 5.63. The normalized spacial score (nSPS) is 11.7. The van der Waals surface area contributed by atoms with Crippen LogP contribution in [0.15, 0.2) is 6.07 Å². The first-order valence-corrected chi connectivity index (χ1v) is 5.63. The van der Waals surface area contributed by atoms with Crippen molar-refractivity contribution in [3.63, 3.8) is 0 Å². The standard InChI is InChI=1S/C11H14F3N3O2/c1-4-17(6(2)3)10-15-7(9(18)19)5-8(16-10)11(12,13)14/h5-6H,4H2,1-3H3,(H,18,19). The summed E-state index contributed by atoms with van der Waals surface area (Å²) in [6, 6.07) is 0.287. The number of aromatic nitrogens is 2. The Balaban J connectivity index is 3.39. The van der Waals surface area contributed by atoms with Crippen LogP contribution in [0, 0.1) is 0 Å². The van der Waals surface area contributed by atoms with Gasteiger partial charge in [-0.25, -0.2) is 14.8 Å². The van der Waals surface area contributed by atoms with E-state index in [0.29, 0.717) is 12.6 Å². The van der Waals surface area contributed by atoms with Crippen LogP contribution in [0.2, 0.25) is 0 Å². The predicted molar refractivity (Wildman–Crippen MR) is 62.1 cm³/mol. The highest BCUT2D eigenvalue weighted by Gasteiger charge is 2.35. The van der Waals surface area contributed by atoms with E-state index < -0.39 is 23.5 Å². The molecule has 106 valence electrons. The number of aromatic carboxylic acids is 1. The zero-order valence-corrected chi connectivity index (χ0v) is 10.7. The molecule has 0 aliphatic heterocycles. The predicted octanol–water partition coefficient (Wildman–Crippen LogP) is 2.43. The van der Waals surface area contributed by atoms with E-state index >= 15 is 0 Å². The molecule has 0 saturated carbocycles. The van der Waals surface area contributed by atoms with Gasteiger partial charge in [-0.1, -0.05) is 0 Å². The summed E-state index contributed by atoms with van der Waals surface area (Å²) in [5.74, 6) is -1.75. The Labute approximate surface area is 108 Å². The highest BCUT2D eigenvalue weighted by molar-refractivity contribution is 5.85. The Kier molecular flexibility index (Phi) is 4.33. The molecule has 0 aliphatic rings. The van der Waals surface area contributed by atoms with E-state index in [9.17, 15) is 18.0 Å². The molecule has 5 nitrogen and oxygen atoms in total. The molecular formula is C11H14F3N3O2. The highest BCUT2D eigenvalue weighted by atomic mass is 19.4. The summed E-state index contributed by atoms with van der Waals surface area (Å²) in [7, 11) is 0. The van der Waals surface area contributed by atoms with Gasteiger partial charge in [0.25, 0.3) is 0 Å². The molecule has 19 heavy (non-hydrogen) atoms. The van der Waals surface area contributed by atoms with Crippen LogP contribution in [0.4, 0.5) is 19.1 Å². The van der Waals surface area contributed by atoms with Gasteiger partial charge in [0.1, 0.15) is 0 Å². The zero-order chi connectivity index (χ0) is 14.8. The van der Waals surface area contributed by atoms with Crippen molar-refractivity contribution in [3.8, 4) is 0 Å². The average Bonchev–Trinajstić information content (AvgIpc) is 2.27. The summed E-state index contributed by atoms with van der Waals surface area (Å²) in [6.45, 7) is 5.61. The van der Waals surface area contributed by atoms with E-state index in [1.165, 1.54) is 4.90 Å². The summed E-state index contributed by atoms with van der Waals surface area (Å²) in [5, 5.41) is 8.82. The van der Waals surface area contributed by atoms with E-state index in [0.717, 1.165) is 0 Å². The van der Waals surface area contributed by atoms with Crippen LogP contribution in [-0.2, 0) is 6.18 Å². The summed E-state index contributed by atoms with van der Waals surface area (Å²) in [5.41, 5.74) is -1.93. The molecule has 0 saturated heterocycles. The number of hydrogen-bond acceptors (Lipinski definition) is 4. The SMILES string of the molecule is CCN(c1nc(C(=O)O)cc(C(F)(F)F)n1)C(C)C. The first-order chi connectivity index (χ1) is 8.66. The molecule has 0 spiro atoms. The third-order valence-electron chi connectivity index (χ3n) is 2.44. The van der Waals surface area contributed by atoms with Gasteiger partial charge in [0, 0.05) is 18.7 Å². The minimum absolute atomic E-state index is 0.143. The van der Waals surface area contributed by atoms with E-state index in [1.807, 2.05) is 0 Å². The van der Waals surface area contributed by atoms with Crippen LogP contribution < -0.4 is 4.90 Å². The molecule has 0 radical (unpaired) electrons. The Hall–Kier alpha value is -1.86. The second kappa shape index (κ2) is 5.41. The van der Waals surface area contributed by atoms with Crippen molar-refractivity contribution < 1.29 is 23.1 Å². The van der Waals surface area contributed by atoms with Crippen LogP contribution in [-0.4, -0.2) is 33.6 Å². The molecule has 8 heteroatoms. The Morgan fingerprint density at radius 1 is 1.42 bits per heavy atom. The van der Waals surface area contributed by atoms with Crippen molar-refractivity contribution in [3.05, 3.63) is 17.5 Å². The number of alkyl halides is 3. The topological polar surface area (TPSA) is 66.3 Å². The van der Waals surface area contributed by atoms with E-state index in [4.69, 9.17) is 5.11 Å². The molecule has 0 aromatic carbocycles. The maximum atomic E-state index is 12.7. The molecule has 0 amide bonds. The quantitative estimate of drug-likeness (QED) is 0.915. The van der Waals surface area contributed by atoms with Gasteiger partial charge in [0.15, 0.2) is 11.4 Å². The molecule has 1 aromatic heterocycles. The lowest BCUT2D eigenvalue weighted by atomic mass is 10.3. The number of anilines is 1. The average molecular weight is 277 g/mol. The van der Waals surface area contributed by atoms with Crippen molar-refractivity contribution in [1.82, 2.24) is 9.97 Å². The van der Waals surface area contributed by atoms with Crippen molar-refractivity contribution in [1.29, 1.82) is 0 Å². The third-order valence-corrected chi connectivity index (χ3v) is 2.44. The summed E-state index contributed by atoms with van der Waals surface area (Å²) in [6.07, 6.45) is -4.71. The second-order valence-corrected chi connectivity index (χ2v) is 4.12. The minimum atomic E-state index is -4.71. The van der Waals surface area contributed by atoms with E-state index in [-0.39, 0.29) is 12.0 Å². The van der Waals surface area contributed by atoms with E-state index in [2.05, 4.69) is 9.97 Å². The van der Waals surface area contributed by atoms with Crippen LogP contribution in [0.5, 0.6) is 0 Å². The molecule has 0 aliphatic carbocycles. The number of hydrogen-bond donors (Lipinski definition) is 1. The highest BCUT2D eigenvalue weighted by Crippen LogP contribution is 2.29. The summed E-state index contributed by atoms with van der Waals surface area (Å²) in [4.78, 5) is 19.4. The van der Waals surface area contributed by atoms with Gasteiger partial charge in [0.05, 0.1) is 0 Å². The van der Waals surface area contributed by atoms with Gasteiger partial charge in [-0.05, 0) is 20.8 Å². The molecule has 0 atom stereocenters. The zero-order valence-electron chi connectivity index (χ0n) is 10.7. The molecule has 1 rings (SSSR count). The number of carbonyl (C=O) groups is 1. The maximum absolute atomic E-state index is 12.7. The molecule has 1 N–H and O–H groups in total. The largest absolute Gasteiger partial charge is 0.477 e. The van der Waals surface area contributed by atoms with Gasteiger partial charge in [-0.3, -0.25) is 0 Å². The Morgan fingerprint density at radius 3 is 2.37 bits per heavy atom. The minimum Gasteiger partial charge on any atom is -0.477 e. The van der Waals surface area contributed by atoms with Crippen LogP contribution >= 0.6 is 0 Å². The summed E-state index contributed by atoms with van der Waals surface area (Å²) >= 11 is 0. The molecular weight excluding hydrogens is 263 g/mol. The lowest BCUT2D eigenvalue weighted by molar-refractivity contribution is -0.141. The van der Waals surface area contributed by atoms with Crippen molar-refractivity contribution in [2.24, 2.45) is 0 Å². The molecule has 0 fully saturated rings. The molecule has 0 bridgehead atoms. The Bertz CT molecular complexity index is 475. The molecule has 1 aromatic rings. The second-order valence-electron chi connectivity index (χ2n) is 4.12. The van der Waals surface area contributed by atoms with Crippen molar-refractivity contribution in [2.75, 3.05) is 11.4 Å². The number of carboxylic acids is 1. The van der Waals surface area contributed by atoms with Crippen LogP contribution in [0.3, 0.4) is 0 Å². The molecule has 1 heterocycles. The fourth-order valence-corrected chi connectivity index (χ4v) is 1.56. The monoisotopic (exact) mass is 277 g/mol. The van der Waals surface area contributed by atoms with Crippen LogP contribution in [0.1, 0.15) is 37.0 Å². The van der Waals surface area contributed by atoms with Gasteiger partial charge < -0.3 is 10.0 Å². The first kappa shape index (κ1) is 15.2. The summed E-state index contributed by atoms with van der Waals surface area (Å²) < 4.78 is 38.0. The Morgan fingerprint density at radius 2 is 2.00 bits per heavy atom. The van der Waals surface area contributed by atoms with Gasteiger partial charge in [-0.15, -0.1) is 0 Å². The van der Waals surface area contributed by atoms with Gasteiger partial charge >= 0.3 is 12.1 Å². The van der Waals surface area contributed by atoms with E-state index in [1.54, 1.807) is 20.8 Å². The number of nitrogens with zero attached hydrogens (tertiary/aromatic N) is 3. The fraction of sp³-hybridized carbons (Fsp3) is 0.545. The van der Waals surface area contributed by atoms with Crippen LogP contribution in [0.25, 0.3) is 0 Å². The van der Waals surface area contributed by atoms with Crippen molar-refractivity contribution >= 4 is 11.9 Å². The number of halogens is 3. The van der Waals surface area contributed by atoms with Gasteiger partial charge in [-0.2, -0.15) is 13.2 Å². The maximum Gasteiger partial charge on any atom is 0.433 e. The number of carboxylic acid groups (broad SMARTS) is 1. The van der Waals surface area contributed by atoms with Gasteiger partial charge in [0.2, 0.25) is 5.95 Å². The van der Waals surface area contributed by atoms with Crippen molar-refractivity contribution in [2.45, 2.75) is 33.0 Å². The number of rotatable bonds is 4. The fourth-order valence-electron chi connectivity index (χ4n) is 1.56. The smallest absolute Gasteiger partial charge is 0.433 e. The third kappa shape index (κ3) is 3.55. The lowest BCUT2D eigenvalue weighted by Crippen LogP contribution is -2.33. The molecule has 0 unspecified atom stereocenters. The lowest BCUT2D eigenvalue weighted by Gasteiger charge is -2.25.